The Morgan fingerprint density at radius 2 is 1.56 bits per heavy atom. The predicted octanol–water partition coefficient (Wildman–Crippen LogP) is 3.30. The number of fused-ring (bicyclic) bond motifs is 1. The van der Waals surface area contributed by atoms with Crippen LogP contribution in [0.15, 0.2) is 57.5 Å². The Morgan fingerprint density at radius 1 is 0.953 bits per heavy atom. The smallest absolute Gasteiger partial charge is 0.338 e. The molecule has 0 bridgehead atoms. The summed E-state index contributed by atoms with van der Waals surface area (Å²) in [7, 11) is 2.88. The molecule has 4 rings (SSSR count). The zero-order valence-corrected chi connectivity index (χ0v) is 25.7. The maximum atomic E-state index is 14.0. The highest BCUT2D eigenvalue weighted by atomic mass is 32.1. The fourth-order valence-electron chi connectivity index (χ4n) is 4.48. The van der Waals surface area contributed by atoms with E-state index >= 15 is 0 Å². The lowest BCUT2D eigenvalue weighted by Gasteiger charge is -2.25. The van der Waals surface area contributed by atoms with Crippen molar-refractivity contribution in [2.75, 3.05) is 20.8 Å². The van der Waals surface area contributed by atoms with Crippen LogP contribution in [0.4, 0.5) is 0 Å². The molecule has 0 saturated heterocycles. The first kappa shape index (κ1) is 31.2. The van der Waals surface area contributed by atoms with Crippen molar-refractivity contribution in [3.05, 3.63) is 78.5 Å². The molecule has 2 heterocycles. The third-order valence-electron chi connectivity index (χ3n) is 6.29. The number of hydrogen-bond acceptors (Lipinski definition) is 11. The summed E-state index contributed by atoms with van der Waals surface area (Å²) in [5.74, 6) is -0.498. The fraction of sp³-hybridized carbons (Fsp3) is 0.323. The Kier molecular flexibility index (Phi) is 9.50. The minimum absolute atomic E-state index is 0.0943. The van der Waals surface area contributed by atoms with Crippen molar-refractivity contribution in [2.45, 2.75) is 40.7 Å². The third-order valence-corrected chi connectivity index (χ3v) is 7.27. The number of aromatic nitrogens is 1. The lowest BCUT2D eigenvalue weighted by molar-refractivity contribution is -0.140. The Morgan fingerprint density at radius 3 is 2.14 bits per heavy atom. The van der Waals surface area contributed by atoms with Crippen LogP contribution in [-0.4, -0.2) is 43.3 Å². The van der Waals surface area contributed by atoms with Crippen molar-refractivity contribution in [2.24, 2.45) is 10.9 Å². The first-order valence-corrected chi connectivity index (χ1v) is 14.2. The molecule has 0 spiro atoms. The van der Waals surface area contributed by atoms with Gasteiger partial charge in [0.15, 0.2) is 27.8 Å². The number of methoxy groups -OCH3 is 2. The zero-order valence-electron chi connectivity index (χ0n) is 24.9. The molecule has 43 heavy (non-hydrogen) atoms. The number of carbonyl (C=O) groups excluding carboxylic acids is 3. The van der Waals surface area contributed by atoms with Gasteiger partial charge in [-0.05, 0) is 54.3 Å². The van der Waals surface area contributed by atoms with E-state index in [9.17, 15) is 19.2 Å². The Balaban J connectivity index is 1.90. The van der Waals surface area contributed by atoms with Gasteiger partial charge in [0, 0.05) is 13.8 Å². The van der Waals surface area contributed by atoms with E-state index in [2.05, 4.69) is 4.99 Å². The summed E-state index contributed by atoms with van der Waals surface area (Å²) in [6, 6.07) is 8.84. The fourth-order valence-corrected chi connectivity index (χ4v) is 5.52. The van der Waals surface area contributed by atoms with Crippen LogP contribution < -0.4 is 33.8 Å². The normalized spacial score (nSPS) is 14.6. The highest BCUT2D eigenvalue weighted by Gasteiger charge is 2.34. The summed E-state index contributed by atoms with van der Waals surface area (Å²) in [6.45, 7) is 8.30. The summed E-state index contributed by atoms with van der Waals surface area (Å²) in [5, 5.41) is 0. The van der Waals surface area contributed by atoms with Crippen LogP contribution >= 0.6 is 11.3 Å². The average molecular weight is 609 g/mol. The second kappa shape index (κ2) is 13.1. The summed E-state index contributed by atoms with van der Waals surface area (Å²) in [4.78, 5) is 55.5. The lowest BCUT2D eigenvalue weighted by atomic mass is 9.95. The summed E-state index contributed by atoms with van der Waals surface area (Å²) >= 11 is 1.16. The van der Waals surface area contributed by atoms with Crippen molar-refractivity contribution >= 4 is 35.3 Å². The molecular weight excluding hydrogens is 576 g/mol. The van der Waals surface area contributed by atoms with E-state index in [1.807, 2.05) is 13.8 Å². The average Bonchev–Trinajstić information content (AvgIpc) is 3.25. The second-order valence-corrected chi connectivity index (χ2v) is 11.1. The lowest BCUT2D eigenvalue weighted by Crippen LogP contribution is -2.40. The van der Waals surface area contributed by atoms with Crippen LogP contribution in [0.2, 0.25) is 0 Å². The van der Waals surface area contributed by atoms with Crippen LogP contribution in [0.5, 0.6) is 23.0 Å². The van der Waals surface area contributed by atoms with E-state index in [1.165, 1.54) is 32.6 Å². The van der Waals surface area contributed by atoms with Gasteiger partial charge in [0.25, 0.3) is 5.56 Å². The third kappa shape index (κ3) is 6.86. The van der Waals surface area contributed by atoms with Crippen LogP contribution in [0.3, 0.4) is 0 Å². The highest BCUT2D eigenvalue weighted by molar-refractivity contribution is 7.07. The number of esters is 3. The number of hydrogen-bond donors (Lipinski definition) is 0. The Hall–Kier alpha value is -4.71. The molecule has 1 aliphatic rings. The summed E-state index contributed by atoms with van der Waals surface area (Å²) < 4.78 is 28.7. The van der Waals surface area contributed by atoms with Crippen LogP contribution in [0.25, 0.3) is 6.08 Å². The number of allylic oxidation sites excluding steroid dienone is 1. The van der Waals surface area contributed by atoms with Crippen molar-refractivity contribution in [3.8, 4) is 23.0 Å². The van der Waals surface area contributed by atoms with E-state index in [-0.39, 0.29) is 40.9 Å². The van der Waals surface area contributed by atoms with E-state index in [4.69, 9.17) is 23.7 Å². The molecule has 0 N–H and O–H groups in total. The number of benzene rings is 2. The van der Waals surface area contributed by atoms with Gasteiger partial charge in [0.2, 0.25) is 0 Å². The minimum Gasteiger partial charge on any atom is -0.493 e. The summed E-state index contributed by atoms with van der Waals surface area (Å²) in [6.07, 6.45) is 1.67. The largest absolute Gasteiger partial charge is 0.493 e. The minimum atomic E-state index is -0.904. The summed E-state index contributed by atoms with van der Waals surface area (Å²) in [5.41, 5.74) is 1.37. The Labute approximate surface area is 251 Å². The quantitative estimate of drug-likeness (QED) is 0.265. The molecule has 1 atom stereocenters. The monoisotopic (exact) mass is 608 g/mol. The molecule has 1 aromatic heterocycles. The number of nitrogens with zero attached hydrogens (tertiary/aromatic N) is 2. The van der Waals surface area contributed by atoms with Gasteiger partial charge in [-0.15, -0.1) is 0 Å². The highest BCUT2D eigenvalue weighted by Crippen LogP contribution is 2.36. The molecule has 0 saturated carbocycles. The van der Waals surface area contributed by atoms with Crippen LogP contribution in [-0.2, 0) is 19.1 Å². The van der Waals surface area contributed by atoms with Crippen molar-refractivity contribution in [3.63, 3.8) is 0 Å². The molecule has 2 aromatic carbocycles. The van der Waals surface area contributed by atoms with E-state index in [0.29, 0.717) is 31.9 Å². The van der Waals surface area contributed by atoms with E-state index in [0.717, 1.165) is 11.3 Å². The molecule has 3 aromatic rings. The number of thiazole rings is 1. The molecule has 0 radical (unpaired) electrons. The topological polar surface area (TPSA) is 132 Å². The second-order valence-electron chi connectivity index (χ2n) is 10.1. The number of carbonyl (C=O) groups is 3. The zero-order chi connectivity index (χ0) is 31.4. The molecule has 0 amide bonds. The molecular formula is C31H32N2O9S. The van der Waals surface area contributed by atoms with E-state index < -0.39 is 23.9 Å². The predicted molar refractivity (Wildman–Crippen MR) is 158 cm³/mol. The van der Waals surface area contributed by atoms with Crippen molar-refractivity contribution < 1.29 is 38.1 Å². The van der Waals surface area contributed by atoms with E-state index in [1.54, 1.807) is 49.4 Å². The standard InChI is InChI=1S/C31H32N2O9S/c1-16(2)15-40-30(37)27-17(3)32-31-33(28(27)21-9-11-23(42-19(5)35)25(14-21)39-7)29(36)26(43-31)13-20-8-10-22(41-18(4)34)24(12-20)38-6/h8-14,16,28H,15H2,1-7H3/b26-13-/t28-/m0/s1. The Bertz CT molecular complexity index is 1800. The molecule has 11 nitrogen and oxygen atoms in total. The van der Waals surface area contributed by atoms with Gasteiger partial charge in [-0.25, -0.2) is 9.79 Å². The number of ether oxygens (including phenoxy) is 5. The maximum absolute atomic E-state index is 14.0. The molecule has 12 heteroatoms. The first-order chi connectivity index (χ1) is 20.4. The van der Waals surface area contributed by atoms with Crippen LogP contribution in [0.1, 0.15) is 51.8 Å². The van der Waals surface area contributed by atoms with Gasteiger partial charge >= 0.3 is 17.9 Å². The van der Waals surface area contributed by atoms with Crippen LogP contribution in [0, 0.1) is 5.92 Å². The van der Waals surface area contributed by atoms with Crippen molar-refractivity contribution in [1.29, 1.82) is 0 Å². The van der Waals surface area contributed by atoms with Gasteiger partial charge in [-0.3, -0.25) is 19.0 Å². The van der Waals surface area contributed by atoms with Gasteiger partial charge in [0.05, 0.1) is 42.7 Å². The first-order valence-electron chi connectivity index (χ1n) is 13.4. The van der Waals surface area contributed by atoms with Gasteiger partial charge < -0.3 is 23.7 Å². The van der Waals surface area contributed by atoms with Gasteiger partial charge in [-0.2, -0.15) is 0 Å². The molecule has 1 aliphatic heterocycles. The molecule has 0 unspecified atom stereocenters. The number of rotatable bonds is 9. The van der Waals surface area contributed by atoms with Gasteiger partial charge in [0.1, 0.15) is 0 Å². The van der Waals surface area contributed by atoms with Gasteiger partial charge in [-0.1, -0.05) is 37.3 Å². The van der Waals surface area contributed by atoms with Crippen molar-refractivity contribution in [1.82, 2.24) is 4.57 Å². The SMILES string of the molecule is COc1cc(/C=c2\sc3n(c2=O)[C@@H](c2ccc(OC(C)=O)c(OC)c2)C(C(=O)OCC(C)C)=C(C)N=3)ccc1OC(C)=O. The molecule has 0 fully saturated rings. The molecule has 226 valence electrons. The maximum Gasteiger partial charge on any atom is 0.338 e. The molecule has 0 aliphatic carbocycles.